The lowest BCUT2D eigenvalue weighted by Crippen LogP contribution is -2.33. The van der Waals surface area contributed by atoms with Crippen LogP contribution in [0.1, 0.15) is 21.7 Å². The summed E-state index contributed by atoms with van der Waals surface area (Å²) in [4.78, 5) is 14.1. The Hall–Kier alpha value is -1.66. The van der Waals surface area contributed by atoms with Crippen LogP contribution in [0.5, 0.6) is 0 Å². The topological polar surface area (TPSA) is 61.0 Å². The van der Waals surface area contributed by atoms with E-state index in [1.807, 2.05) is 32.2 Å². The molecule has 6 heteroatoms. The van der Waals surface area contributed by atoms with Crippen LogP contribution >= 0.6 is 15.9 Å². The number of rotatable bonds is 6. The maximum Gasteiger partial charge on any atom is 0.273 e. The van der Waals surface area contributed by atoms with Gasteiger partial charge in [0.15, 0.2) is 5.69 Å². The molecule has 0 fully saturated rings. The van der Waals surface area contributed by atoms with Gasteiger partial charge in [-0.15, -0.1) is 0 Å². The van der Waals surface area contributed by atoms with Gasteiger partial charge in [-0.3, -0.25) is 9.89 Å². The van der Waals surface area contributed by atoms with E-state index in [0.717, 1.165) is 23.3 Å². The van der Waals surface area contributed by atoms with Crippen LogP contribution in [0.15, 0.2) is 34.8 Å². The van der Waals surface area contributed by atoms with Crippen LogP contribution in [0, 0.1) is 6.92 Å². The first-order valence-electron chi connectivity index (χ1n) is 6.79. The standard InChI is InChI=1S/C15H19BrN4O/c1-11-13(16)14(19-18-11)15(21)17-8-9-20(2)10-12-6-4-3-5-7-12/h3-7H,8-10H2,1-2H3,(H,17,21)(H,18,19). The molecular weight excluding hydrogens is 332 g/mol. The van der Waals surface area contributed by atoms with E-state index in [2.05, 4.69) is 48.5 Å². The zero-order valence-corrected chi connectivity index (χ0v) is 13.8. The van der Waals surface area contributed by atoms with Gasteiger partial charge in [0, 0.05) is 25.3 Å². The second-order valence-electron chi connectivity index (χ2n) is 4.99. The number of aromatic amines is 1. The molecule has 0 saturated carbocycles. The van der Waals surface area contributed by atoms with Crippen molar-refractivity contribution in [2.75, 3.05) is 20.1 Å². The third kappa shape index (κ3) is 4.41. The highest BCUT2D eigenvalue weighted by molar-refractivity contribution is 9.10. The number of hydrogen-bond acceptors (Lipinski definition) is 3. The van der Waals surface area contributed by atoms with Crippen LogP contribution < -0.4 is 5.32 Å². The summed E-state index contributed by atoms with van der Waals surface area (Å²) in [7, 11) is 2.04. The number of carbonyl (C=O) groups excluding carboxylic acids is 1. The molecule has 1 aromatic heterocycles. The number of hydrogen-bond donors (Lipinski definition) is 2. The summed E-state index contributed by atoms with van der Waals surface area (Å²) < 4.78 is 0.720. The van der Waals surface area contributed by atoms with E-state index >= 15 is 0 Å². The van der Waals surface area contributed by atoms with Gasteiger partial charge in [0.25, 0.3) is 5.91 Å². The first kappa shape index (κ1) is 15.7. The molecule has 21 heavy (non-hydrogen) atoms. The van der Waals surface area contributed by atoms with E-state index in [9.17, 15) is 4.79 Å². The van der Waals surface area contributed by atoms with Gasteiger partial charge in [0.2, 0.25) is 0 Å². The van der Waals surface area contributed by atoms with Crippen LogP contribution in [0.25, 0.3) is 0 Å². The monoisotopic (exact) mass is 350 g/mol. The second kappa shape index (κ2) is 7.38. The molecule has 0 aliphatic carbocycles. The van der Waals surface area contributed by atoms with E-state index < -0.39 is 0 Å². The molecule has 2 aromatic rings. The molecule has 0 saturated heterocycles. The molecule has 0 atom stereocenters. The summed E-state index contributed by atoms with van der Waals surface area (Å²) in [6.07, 6.45) is 0. The summed E-state index contributed by atoms with van der Waals surface area (Å²) in [5, 5.41) is 9.64. The lowest BCUT2D eigenvalue weighted by molar-refractivity contribution is 0.0944. The Bertz CT molecular complexity index is 597. The number of carbonyl (C=O) groups is 1. The number of nitrogens with zero attached hydrogens (tertiary/aromatic N) is 2. The van der Waals surface area contributed by atoms with Crippen LogP contribution in [0.3, 0.4) is 0 Å². The summed E-state index contributed by atoms with van der Waals surface area (Å²) in [5.74, 6) is -0.167. The minimum absolute atomic E-state index is 0.167. The molecular formula is C15H19BrN4O. The van der Waals surface area contributed by atoms with Crippen molar-refractivity contribution in [2.24, 2.45) is 0 Å². The average molecular weight is 351 g/mol. The minimum atomic E-state index is -0.167. The van der Waals surface area contributed by atoms with Gasteiger partial charge in [-0.1, -0.05) is 30.3 Å². The van der Waals surface area contributed by atoms with Crippen molar-refractivity contribution in [3.63, 3.8) is 0 Å². The van der Waals surface area contributed by atoms with E-state index in [0.29, 0.717) is 12.2 Å². The number of likely N-dealkylation sites (N-methyl/N-ethyl adjacent to an activating group) is 1. The Balaban J connectivity index is 1.76. The van der Waals surface area contributed by atoms with Gasteiger partial charge in [0.1, 0.15) is 0 Å². The highest BCUT2D eigenvalue weighted by Crippen LogP contribution is 2.17. The third-order valence-corrected chi connectivity index (χ3v) is 4.13. The third-order valence-electron chi connectivity index (χ3n) is 3.16. The van der Waals surface area contributed by atoms with Gasteiger partial charge in [-0.2, -0.15) is 5.10 Å². The van der Waals surface area contributed by atoms with Crippen LogP contribution in [-0.2, 0) is 6.54 Å². The Kier molecular flexibility index (Phi) is 5.52. The number of amides is 1. The van der Waals surface area contributed by atoms with Gasteiger partial charge in [-0.25, -0.2) is 0 Å². The average Bonchev–Trinajstić information content (AvgIpc) is 2.80. The van der Waals surface area contributed by atoms with Gasteiger partial charge >= 0.3 is 0 Å². The molecule has 5 nitrogen and oxygen atoms in total. The lowest BCUT2D eigenvalue weighted by atomic mass is 10.2. The molecule has 0 bridgehead atoms. The van der Waals surface area contributed by atoms with Crippen molar-refractivity contribution in [3.8, 4) is 0 Å². The normalized spacial score (nSPS) is 10.9. The molecule has 0 unspecified atom stereocenters. The summed E-state index contributed by atoms with van der Waals surface area (Å²) in [6.45, 7) is 4.09. The van der Waals surface area contributed by atoms with Crippen LogP contribution in [0.2, 0.25) is 0 Å². The van der Waals surface area contributed by atoms with Crippen molar-refractivity contribution >= 4 is 21.8 Å². The molecule has 1 aromatic carbocycles. The van der Waals surface area contributed by atoms with E-state index in [-0.39, 0.29) is 5.91 Å². The van der Waals surface area contributed by atoms with Gasteiger partial charge in [0.05, 0.1) is 4.47 Å². The molecule has 0 spiro atoms. The fourth-order valence-electron chi connectivity index (χ4n) is 1.98. The Morgan fingerprint density at radius 2 is 2.10 bits per heavy atom. The van der Waals surface area contributed by atoms with E-state index in [1.54, 1.807) is 0 Å². The Labute approximate surface area is 132 Å². The van der Waals surface area contributed by atoms with E-state index in [4.69, 9.17) is 0 Å². The second-order valence-corrected chi connectivity index (χ2v) is 5.78. The maximum atomic E-state index is 12.0. The Morgan fingerprint density at radius 1 is 1.38 bits per heavy atom. The SMILES string of the molecule is Cc1[nH]nc(C(=O)NCCN(C)Cc2ccccc2)c1Br. The van der Waals surface area contributed by atoms with E-state index in [1.165, 1.54) is 5.56 Å². The van der Waals surface area contributed by atoms with Gasteiger partial charge in [-0.05, 0) is 35.5 Å². The zero-order chi connectivity index (χ0) is 15.2. The first-order chi connectivity index (χ1) is 10.1. The quantitative estimate of drug-likeness (QED) is 0.840. The number of H-pyrrole nitrogens is 1. The fraction of sp³-hybridized carbons (Fsp3) is 0.333. The van der Waals surface area contributed by atoms with Gasteiger partial charge < -0.3 is 10.2 Å². The molecule has 0 aliphatic heterocycles. The van der Waals surface area contributed by atoms with Crippen molar-refractivity contribution in [1.29, 1.82) is 0 Å². The van der Waals surface area contributed by atoms with Crippen molar-refractivity contribution < 1.29 is 4.79 Å². The predicted molar refractivity (Wildman–Crippen MR) is 86.1 cm³/mol. The van der Waals surface area contributed by atoms with Crippen LogP contribution in [-0.4, -0.2) is 41.1 Å². The predicted octanol–water partition coefficient (Wildman–Crippen LogP) is 2.34. The largest absolute Gasteiger partial charge is 0.349 e. The Morgan fingerprint density at radius 3 is 2.71 bits per heavy atom. The highest BCUT2D eigenvalue weighted by atomic mass is 79.9. The minimum Gasteiger partial charge on any atom is -0.349 e. The van der Waals surface area contributed by atoms with Crippen molar-refractivity contribution in [1.82, 2.24) is 20.4 Å². The van der Waals surface area contributed by atoms with Crippen molar-refractivity contribution in [2.45, 2.75) is 13.5 Å². The van der Waals surface area contributed by atoms with Crippen molar-refractivity contribution in [3.05, 3.63) is 51.8 Å². The smallest absolute Gasteiger partial charge is 0.273 e. The molecule has 0 aliphatic rings. The summed E-state index contributed by atoms with van der Waals surface area (Å²) >= 11 is 3.35. The number of aromatic nitrogens is 2. The summed E-state index contributed by atoms with van der Waals surface area (Å²) in [5.41, 5.74) is 2.51. The molecule has 2 N–H and O–H groups in total. The number of aryl methyl sites for hydroxylation is 1. The molecule has 0 radical (unpaired) electrons. The number of benzene rings is 1. The maximum absolute atomic E-state index is 12.0. The highest BCUT2D eigenvalue weighted by Gasteiger charge is 2.15. The first-order valence-corrected chi connectivity index (χ1v) is 7.58. The molecule has 2 rings (SSSR count). The molecule has 1 amide bonds. The zero-order valence-electron chi connectivity index (χ0n) is 12.2. The fourth-order valence-corrected chi connectivity index (χ4v) is 2.34. The number of halogens is 1. The summed E-state index contributed by atoms with van der Waals surface area (Å²) in [6, 6.07) is 10.3. The molecule has 112 valence electrons. The number of nitrogens with one attached hydrogen (secondary N) is 2. The lowest BCUT2D eigenvalue weighted by Gasteiger charge is -2.16. The molecule has 1 heterocycles. The van der Waals surface area contributed by atoms with Crippen LogP contribution in [0.4, 0.5) is 0 Å².